The van der Waals surface area contributed by atoms with E-state index in [0.717, 1.165) is 15.0 Å². The first-order chi connectivity index (χ1) is 5.74. The zero-order chi connectivity index (χ0) is 8.97. The summed E-state index contributed by atoms with van der Waals surface area (Å²) in [6, 6.07) is 8.60. The van der Waals surface area contributed by atoms with Crippen LogP contribution in [-0.4, -0.2) is 6.66 Å². The molecule has 0 aliphatic rings. The minimum Gasteiger partial charge on any atom is -0.0998 e. The summed E-state index contributed by atoms with van der Waals surface area (Å²) in [5.74, 6) is 0. The minimum absolute atomic E-state index is 0.887. The topological polar surface area (TPSA) is 0 Å². The summed E-state index contributed by atoms with van der Waals surface area (Å²) in [5.41, 5.74) is 2.67. The van der Waals surface area contributed by atoms with Crippen LogP contribution in [0.2, 0.25) is 0 Å². The Kier molecular flexibility index (Phi) is 3.49. The number of hydrogen-bond donors (Lipinski definition) is 0. The second-order valence-electron chi connectivity index (χ2n) is 3.04. The molecule has 1 unspecified atom stereocenters. The molecular weight excluding hydrogens is 163 g/mol. The highest BCUT2D eigenvalue weighted by Gasteiger charge is 1.98. The van der Waals surface area contributed by atoms with Crippen LogP contribution in [0.15, 0.2) is 36.4 Å². The van der Waals surface area contributed by atoms with E-state index in [-0.39, 0.29) is 0 Å². The van der Waals surface area contributed by atoms with Gasteiger partial charge in [0.25, 0.3) is 0 Å². The molecule has 0 N–H and O–H groups in total. The summed E-state index contributed by atoms with van der Waals surface area (Å²) in [4.78, 5) is 0. The first kappa shape index (κ1) is 9.48. The molecule has 0 aliphatic heterocycles. The van der Waals surface area contributed by atoms with Crippen LogP contribution >= 0.6 is 8.58 Å². The van der Waals surface area contributed by atoms with Gasteiger partial charge in [0.1, 0.15) is 0 Å². The van der Waals surface area contributed by atoms with Gasteiger partial charge in [-0.15, -0.1) is 0 Å². The Balaban J connectivity index is 2.89. The van der Waals surface area contributed by atoms with E-state index in [2.05, 4.69) is 44.4 Å². The zero-order valence-electron chi connectivity index (χ0n) is 7.72. The van der Waals surface area contributed by atoms with E-state index in [0.29, 0.717) is 0 Å². The first-order valence-electron chi connectivity index (χ1n) is 4.14. The van der Waals surface area contributed by atoms with Gasteiger partial charge in [0, 0.05) is 0 Å². The number of allylic oxidation sites excluding steroid dienone is 1. The van der Waals surface area contributed by atoms with Gasteiger partial charge in [0.05, 0.1) is 0 Å². The van der Waals surface area contributed by atoms with Crippen molar-refractivity contribution in [3.8, 4) is 0 Å². The molecule has 1 aromatic rings. The molecule has 0 radical (unpaired) electrons. The third kappa shape index (κ3) is 2.46. The van der Waals surface area contributed by atoms with Crippen LogP contribution < -0.4 is 5.30 Å². The standard InChI is InChI=1S/C11H15P/c1-9(2)8-10-6-4-5-7-11(10)12-3/h4-7,12H,1,8H2,2-3H3. The van der Waals surface area contributed by atoms with Crippen molar-refractivity contribution in [1.82, 2.24) is 0 Å². The summed E-state index contributed by atoms with van der Waals surface area (Å²) < 4.78 is 0. The Morgan fingerprint density at radius 1 is 1.42 bits per heavy atom. The summed E-state index contributed by atoms with van der Waals surface area (Å²) in [7, 11) is 0.887. The maximum Gasteiger partial charge on any atom is -0.00663 e. The molecule has 0 fully saturated rings. The van der Waals surface area contributed by atoms with Gasteiger partial charge in [0.15, 0.2) is 0 Å². The quantitative estimate of drug-likeness (QED) is 0.493. The van der Waals surface area contributed by atoms with Crippen LogP contribution in [0.5, 0.6) is 0 Å². The van der Waals surface area contributed by atoms with Crippen molar-refractivity contribution in [3.05, 3.63) is 42.0 Å². The molecule has 0 heterocycles. The molecule has 0 amide bonds. The lowest BCUT2D eigenvalue weighted by atomic mass is 10.1. The van der Waals surface area contributed by atoms with Gasteiger partial charge >= 0.3 is 0 Å². The van der Waals surface area contributed by atoms with E-state index in [1.54, 1.807) is 0 Å². The van der Waals surface area contributed by atoms with Crippen LogP contribution in [0.4, 0.5) is 0 Å². The van der Waals surface area contributed by atoms with Crippen molar-refractivity contribution in [2.24, 2.45) is 0 Å². The molecular formula is C11H15P. The molecule has 0 aliphatic carbocycles. The lowest BCUT2D eigenvalue weighted by molar-refractivity contribution is 1.17. The SMILES string of the molecule is C=C(C)Cc1ccccc1PC. The molecule has 1 atom stereocenters. The zero-order valence-corrected chi connectivity index (χ0v) is 8.72. The molecule has 64 valence electrons. The molecule has 0 saturated heterocycles. The van der Waals surface area contributed by atoms with E-state index >= 15 is 0 Å². The van der Waals surface area contributed by atoms with Crippen molar-refractivity contribution in [3.63, 3.8) is 0 Å². The summed E-state index contributed by atoms with van der Waals surface area (Å²) in [5, 5.41) is 1.47. The van der Waals surface area contributed by atoms with E-state index in [9.17, 15) is 0 Å². The second-order valence-corrected chi connectivity index (χ2v) is 4.08. The van der Waals surface area contributed by atoms with Gasteiger partial charge in [-0.2, -0.15) is 0 Å². The summed E-state index contributed by atoms with van der Waals surface area (Å²) in [6.07, 6.45) is 1.02. The highest BCUT2D eigenvalue weighted by Crippen LogP contribution is 2.11. The Bertz CT molecular complexity index is 276. The van der Waals surface area contributed by atoms with Crippen LogP contribution in [-0.2, 0) is 6.42 Å². The smallest absolute Gasteiger partial charge is 0.00663 e. The largest absolute Gasteiger partial charge is 0.0998 e. The molecule has 0 nitrogen and oxygen atoms in total. The third-order valence-corrected chi connectivity index (χ3v) is 2.81. The third-order valence-electron chi connectivity index (χ3n) is 1.78. The van der Waals surface area contributed by atoms with Crippen LogP contribution in [0.25, 0.3) is 0 Å². The molecule has 12 heavy (non-hydrogen) atoms. The van der Waals surface area contributed by atoms with E-state index in [1.807, 2.05) is 0 Å². The van der Waals surface area contributed by atoms with Crippen LogP contribution in [0.3, 0.4) is 0 Å². The van der Waals surface area contributed by atoms with Gasteiger partial charge in [-0.05, 0) is 30.9 Å². The summed E-state index contributed by atoms with van der Waals surface area (Å²) >= 11 is 0. The highest BCUT2D eigenvalue weighted by atomic mass is 31.1. The van der Waals surface area contributed by atoms with Crippen LogP contribution in [0.1, 0.15) is 12.5 Å². The predicted molar refractivity (Wildman–Crippen MR) is 58.8 cm³/mol. The Morgan fingerprint density at radius 2 is 2.08 bits per heavy atom. The van der Waals surface area contributed by atoms with Gasteiger partial charge in [-0.25, -0.2) is 0 Å². The highest BCUT2D eigenvalue weighted by molar-refractivity contribution is 7.46. The van der Waals surface area contributed by atoms with Crippen molar-refractivity contribution in [2.45, 2.75) is 13.3 Å². The van der Waals surface area contributed by atoms with E-state index in [4.69, 9.17) is 0 Å². The van der Waals surface area contributed by atoms with Crippen molar-refractivity contribution in [1.29, 1.82) is 0 Å². The molecule has 0 spiro atoms. The number of rotatable bonds is 3. The monoisotopic (exact) mass is 178 g/mol. The molecule has 0 bridgehead atoms. The average Bonchev–Trinajstić information content (AvgIpc) is 2.04. The maximum absolute atomic E-state index is 3.93. The van der Waals surface area contributed by atoms with E-state index in [1.165, 1.54) is 16.4 Å². The van der Waals surface area contributed by atoms with Crippen molar-refractivity contribution >= 4 is 13.9 Å². The van der Waals surface area contributed by atoms with E-state index < -0.39 is 0 Å². The molecule has 0 aromatic heterocycles. The normalized spacial score (nSPS) is 10.8. The molecule has 1 heteroatoms. The lowest BCUT2D eigenvalue weighted by Crippen LogP contribution is -2.03. The fourth-order valence-electron chi connectivity index (χ4n) is 1.24. The van der Waals surface area contributed by atoms with Crippen molar-refractivity contribution < 1.29 is 0 Å². The Hall–Kier alpha value is -0.610. The molecule has 1 rings (SSSR count). The Labute approximate surface area is 76.5 Å². The average molecular weight is 178 g/mol. The van der Waals surface area contributed by atoms with Gasteiger partial charge in [0.2, 0.25) is 0 Å². The molecule has 1 aromatic carbocycles. The number of hydrogen-bond acceptors (Lipinski definition) is 0. The van der Waals surface area contributed by atoms with Gasteiger partial charge in [-0.1, -0.05) is 45.0 Å². The van der Waals surface area contributed by atoms with Gasteiger partial charge < -0.3 is 0 Å². The maximum atomic E-state index is 3.93. The fraction of sp³-hybridized carbons (Fsp3) is 0.273. The predicted octanol–water partition coefficient (Wildman–Crippen LogP) is 2.74. The van der Waals surface area contributed by atoms with Gasteiger partial charge in [-0.3, -0.25) is 0 Å². The lowest BCUT2D eigenvalue weighted by Gasteiger charge is -2.06. The van der Waals surface area contributed by atoms with Crippen LogP contribution in [0, 0.1) is 0 Å². The van der Waals surface area contributed by atoms with Crippen molar-refractivity contribution in [2.75, 3.05) is 6.66 Å². The summed E-state index contributed by atoms with van der Waals surface area (Å²) in [6.45, 7) is 8.23. The molecule has 0 saturated carbocycles. The fourth-order valence-corrected chi connectivity index (χ4v) is 2.00. The Morgan fingerprint density at radius 3 is 2.67 bits per heavy atom. The number of benzene rings is 1. The minimum atomic E-state index is 0.887. The first-order valence-corrected chi connectivity index (χ1v) is 5.64. The second kappa shape index (κ2) is 4.42.